The van der Waals surface area contributed by atoms with Gasteiger partial charge in [-0.3, -0.25) is 67.5 Å². The van der Waals surface area contributed by atoms with Gasteiger partial charge in [0.15, 0.2) is 0 Å². The van der Waals surface area contributed by atoms with Gasteiger partial charge < -0.3 is 86.9 Å². The molecule has 0 saturated carbocycles. The Balaban J connectivity index is 2.11. The Morgan fingerprint density at radius 1 is 0.443 bits per heavy atom. The Bertz CT molecular complexity index is 2870. The summed E-state index contributed by atoms with van der Waals surface area (Å²) in [5.41, 5.74) is 0.0744. The van der Waals surface area contributed by atoms with E-state index in [9.17, 15) is 103 Å². The Morgan fingerprint density at radius 3 is 1.28 bits per heavy atom. The minimum atomic E-state index is -3.74. The molecule has 544 valence electrons. The minimum Gasteiger partial charge on any atom is -0.481 e. The molecular formula is C60H94FN11O24Si. The predicted molar refractivity (Wildman–Crippen MR) is 341 cm³/mol. The van der Waals surface area contributed by atoms with E-state index in [2.05, 4.69) is 36.6 Å². The number of carboxylic acid groups (broad SMARTS) is 8. The van der Waals surface area contributed by atoms with E-state index in [4.69, 9.17) is 10.2 Å². The number of halogens is 1. The average Bonchev–Trinajstić information content (AvgIpc) is 0.749. The lowest BCUT2D eigenvalue weighted by molar-refractivity contribution is -0.148. The number of carbonyl (C=O) groups is 15. The second kappa shape index (κ2) is 41.2. The predicted octanol–water partition coefficient (Wildman–Crippen LogP) is -1.52. The van der Waals surface area contributed by atoms with E-state index in [1.807, 2.05) is 46.9 Å². The molecule has 5 atom stereocenters. The molecule has 1 heterocycles. The zero-order valence-corrected chi connectivity index (χ0v) is 56.4. The molecule has 1 aliphatic rings. The van der Waals surface area contributed by atoms with E-state index in [0.29, 0.717) is 5.19 Å². The van der Waals surface area contributed by atoms with E-state index in [1.54, 1.807) is 9.80 Å². The van der Waals surface area contributed by atoms with E-state index >= 15 is 4.11 Å². The number of alkyl carbamates (subject to hydrolysis) is 1. The summed E-state index contributed by atoms with van der Waals surface area (Å²) in [7, 11) is -3.74. The summed E-state index contributed by atoms with van der Waals surface area (Å²) < 4.78 is 21.7. The number of ether oxygens (including phenoxy) is 1. The minimum absolute atomic E-state index is 0.000846. The van der Waals surface area contributed by atoms with Crippen LogP contribution in [0.1, 0.15) is 123 Å². The van der Waals surface area contributed by atoms with E-state index in [-0.39, 0.29) is 123 Å². The van der Waals surface area contributed by atoms with Crippen LogP contribution >= 0.6 is 0 Å². The molecule has 0 bridgehead atoms. The van der Waals surface area contributed by atoms with E-state index in [1.165, 1.54) is 34.1 Å². The Morgan fingerprint density at radius 2 is 0.856 bits per heavy atom. The first kappa shape index (κ1) is 84.1. The lowest BCUT2D eigenvalue weighted by Gasteiger charge is -2.44. The van der Waals surface area contributed by atoms with Gasteiger partial charge in [0.2, 0.25) is 35.6 Å². The highest BCUT2D eigenvalue weighted by Gasteiger charge is 2.56. The summed E-state index contributed by atoms with van der Waals surface area (Å²) in [6, 6.07) is -0.573. The molecule has 0 radical (unpaired) electrons. The summed E-state index contributed by atoms with van der Waals surface area (Å²) in [6.07, 6.45) is -6.76. The highest BCUT2D eigenvalue weighted by atomic mass is 28.4. The van der Waals surface area contributed by atoms with Crippen molar-refractivity contribution in [1.29, 1.82) is 0 Å². The van der Waals surface area contributed by atoms with Gasteiger partial charge in [0.05, 0.1) is 26.2 Å². The van der Waals surface area contributed by atoms with Crippen molar-refractivity contribution in [2.45, 2.75) is 153 Å². The van der Waals surface area contributed by atoms with Crippen LogP contribution in [0.25, 0.3) is 0 Å². The number of benzene rings is 1. The topological polar surface area (TPSA) is 524 Å². The van der Waals surface area contributed by atoms with Gasteiger partial charge in [-0.05, 0) is 65.9 Å². The standard InChI is InChI=1S/C60H94FN11O24Si/c1-59(2,3)97(61,60(4,5)6)38-14-12-37(13-15-38)52(85)64-32-42(66-47(76)33-69-24-26-70(34-49(79)80)28-30-72(36-51(83)84)31-29-71(27-25-69)35-50(81)82)53(86)67-40(55(89)90)10-7-8-22-62-44(73)19-20-45(74)63-23-9-11-39(54(87)88)65-46(75)18-16-41(56(91)92)68-58(95)96-43(57(93)94)17-21-48(77)78/h12-15,39-43H,7-11,16-36H2,1-6H3,(H,62,73)(H,63,74)(H,64,85)(H,65,75)(H,66,76)(H,67,86)(H,68,95)(H,77,78)(H,79,80)(H,81,82)(H,83,84)(H,87,88)(H,89,90)(H,91,92)(H,93,94)/t39-,40-,41+,42-,43+/m1/s1. The van der Waals surface area contributed by atoms with Crippen LogP contribution in [-0.4, -0.2) is 287 Å². The molecule has 97 heavy (non-hydrogen) atoms. The number of nitrogens with zero attached hydrogens (tertiary/aromatic N) is 4. The molecule has 1 aromatic rings. The van der Waals surface area contributed by atoms with Gasteiger partial charge in [-0.25, -0.2) is 24.0 Å². The first-order valence-corrected chi connectivity index (χ1v) is 33.3. The zero-order chi connectivity index (χ0) is 73.4. The molecule has 7 amide bonds. The number of carbonyl (C=O) groups excluding carboxylic acids is 7. The van der Waals surface area contributed by atoms with Crippen molar-refractivity contribution in [2.24, 2.45) is 0 Å². The van der Waals surface area contributed by atoms with Crippen LogP contribution in [-0.2, 0) is 67.1 Å². The number of rotatable bonds is 40. The van der Waals surface area contributed by atoms with Crippen molar-refractivity contribution in [1.82, 2.24) is 56.8 Å². The van der Waals surface area contributed by atoms with Crippen molar-refractivity contribution < 1.29 is 122 Å². The van der Waals surface area contributed by atoms with Crippen LogP contribution in [0.3, 0.4) is 0 Å². The molecule has 1 fully saturated rings. The molecule has 2 rings (SSSR count). The molecular weight excluding hydrogens is 1310 g/mol. The summed E-state index contributed by atoms with van der Waals surface area (Å²) in [5.74, 6) is -15.9. The molecule has 0 aromatic heterocycles. The van der Waals surface area contributed by atoms with Crippen LogP contribution in [0.4, 0.5) is 8.90 Å². The second-order valence-corrected chi connectivity index (χ2v) is 30.2. The van der Waals surface area contributed by atoms with Gasteiger partial charge in [0.25, 0.3) is 14.3 Å². The summed E-state index contributed by atoms with van der Waals surface area (Å²) in [6.45, 7) is 9.03. The first-order chi connectivity index (χ1) is 45.2. The number of hydrogen-bond acceptors (Lipinski definition) is 20. The summed E-state index contributed by atoms with van der Waals surface area (Å²) >= 11 is 0. The van der Waals surface area contributed by atoms with Crippen molar-refractivity contribution in [3.8, 4) is 0 Å². The van der Waals surface area contributed by atoms with Gasteiger partial charge in [0.1, 0.15) is 24.2 Å². The van der Waals surface area contributed by atoms with Crippen LogP contribution in [0, 0.1) is 0 Å². The molecule has 1 saturated heterocycles. The number of aliphatic carboxylic acids is 8. The van der Waals surface area contributed by atoms with Crippen LogP contribution in [0.2, 0.25) is 10.1 Å². The third-order valence-corrected chi connectivity index (χ3v) is 20.8. The van der Waals surface area contributed by atoms with Gasteiger partial charge >= 0.3 is 53.8 Å². The van der Waals surface area contributed by atoms with Crippen molar-refractivity contribution in [3.05, 3.63) is 29.8 Å². The molecule has 1 aliphatic heterocycles. The number of amides is 7. The van der Waals surface area contributed by atoms with Crippen molar-refractivity contribution in [3.63, 3.8) is 0 Å². The number of unbranched alkanes of at least 4 members (excludes halogenated alkanes) is 1. The van der Waals surface area contributed by atoms with Crippen LogP contribution in [0.15, 0.2) is 24.3 Å². The summed E-state index contributed by atoms with van der Waals surface area (Å²) in [5, 5.41) is 91.8. The fourth-order valence-electron chi connectivity index (χ4n) is 10.6. The summed E-state index contributed by atoms with van der Waals surface area (Å²) in [4.78, 5) is 192. The second-order valence-electron chi connectivity index (χ2n) is 25.3. The van der Waals surface area contributed by atoms with Crippen molar-refractivity contribution >= 4 is 103 Å². The zero-order valence-electron chi connectivity index (χ0n) is 55.4. The van der Waals surface area contributed by atoms with Gasteiger partial charge in [-0.1, -0.05) is 53.7 Å². The molecule has 37 heteroatoms. The monoisotopic (exact) mass is 1400 g/mol. The Hall–Kier alpha value is -8.94. The fourth-order valence-corrected chi connectivity index (χ4v) is 15.2. The fraction of sp³-hybridized carbons (Fsp3) is 0.650. The van der Waals surface area contributed by atoms with Gasteiger partial charge in [0, 0.05) is 110 Å². The van der Waals surface area contributed by atoms with Crippen LogP contribution < -0.4 is 42.4 Å². The lowest BCUT2D eigenvalue weighted by atomic mass is 10.1. The number of hydrogen-bond donors (Lipinski definition) is 15. The largest absolute Gasteiger partial charge is 0.481 e. The maximum absolute atomic E-state index is 17.1. The average molecular weight is 1400 g/mol. The highest BCUT2D eigenvalue weighted by molar-refractivity contribution is 6.90. The maximum Gasteiger partial charge on any atom is 0.408 e. The van der Waals surface area contributed by atoms with Crippen LogP contribution in [0.5, 0.6) is 0 Å². The number of nitrogens with one attached hydrogen (secondary N) is 7. The molecule has 35 nitrogen and oxygen atoms in total. The SMILES string of the molecule is CC(C)(C)[Si](F)(c1ccc(C(=O)NC[C@@H](NC(=O)CN2CCN(CC(=O)O)CCN(CC(=O)O)CCN(CC(=O)O)CC2)C(=O)N[C@H](CCCCNC(=O)CCC(=O)NCCC[C@@H](NC(=O)CC[C@H](NC(=O)O[C@@H](CCC(=O)O)C(=O)O)C(=O)O)C(=O)O)C(=O)O)cc1)C(C)(C)C. The van der Waals surface area contributed by atoms with Gasteiger partial charge in [-0.15, -0.1) is 0 Å². The molecule has 0 spiro atoms. The van der Waals surface area contributed by atoms with Gasteiger partial charge in [-0.2, -0.15) is 0 Å². The Kier molecular flexibility index (Phi) is 35.8. The van der Waals surface area contributed by atoms with E-state index in [0.717, 1.165) is 0 Å². The number of carboxylic acids is 8. The third-order valence-electron chi connectivity index (χ3n) is 15.6. The van der Waals surface area contributed by atoms with Crippen molar-refractivity contribution in [2.75, 3.05) is 98.2 Å². The molecule has 0 aliphatic carbocycles. The third kappa shape index (κ3) is 32.1. The Labute approximate surface area is 560 Å². The maximum atomic E-state index is 17.1. The highest BCUT2D eigenvalue weighted by Crippen LogP contribution is 2.51. The molecule has 0 unspecified atom stereocenters. The first-order valence-electron chi connectivity index (χ1n) is 31.4. The molecule has 15 N–H and O–H groups in total. The smallest absolute Gasteiger partial charge is 0.408 e. The molecule has 1 aromatic carbocycles. The normalized spacial score (nSPS) is 15.5. The lowest BCUT2D eigenvalue weighted by Crippen LogP contribution is -2.58. The quantitative estimate of drug-likeness (QED) is 0.0201. The van der Waals surface area contributed by atoms with E-state index < -0.39 is 190 Å².